The Morgan fingerprint density at radius 3 is 2.53 bits per heavy atom. The predicted molar refractivity (Wildman–Crippen MR) is 70.3 cm³/mol. The van der Waals surface area contributed by atoms with Gasteiger partial charge in [-0.2, -0.15) is 4.31 Å². The normalized spacial score (nSPS) is 18.9. The third-order valence-corrected chi connectivity index (χ3v) is 5.31. The third-order valence-electron chi connectivity index (χ3n) is 3.52. The van der Waals surface area contributed by atoms with Gasteiger partial charge in [0.05, 0.1) is 10.5 Å². The fourth-order valence-corrected chi connectivity index (χ4v) is 3.65. The molecule has 0 saturated heterocycles. The Morgan fingerprint density at radius 1 is 1.37 bits per heavy atom. The van der Waals surface area contributed by atoms with Crippen molar-refractivity contribution in [2.75, 3.05) is 13.6 Å². The molecule has 1 aliphatic carbocycles. The van der Waals surface area contributed by atoms with Crippen LogP contribution in [0.1, 0.15) is 25.7 Å². The van der Waals surface area contributed by atoms with Gasteiger partial charge in [-0.15, -0.1) is 0 Å². The molecule has 0 bridgehead atoms. The molecule has 19 heavy (non-hydrogen) atoms. The van der Waals surface area contributed by atoms with Crippen LogP contribution >= 0.6 is 0 Å². The quantitative estimate of drug-likeness (QED) is 0.833. The number of H-pyrrole nitrogens is 1. The number of sulfonamides is 1. The maximum Gasteiger partial charge on any atom is 0.247 e. The van der Waals surface area contributed by atoms with Crippen LogP contribution in [0.3, 0.4) is 0 Å². The van der Waals surface area contributed by atoms with Crippen molar-refractivity contribution >= 4 is 10.0 Å². The highest BCUT2D eigenvalue weighted by molar-refractivity contribution is 7.89. The molecule has 2 N–H and O–H groups in total. The lowest BCUT2D eigenvalue weighted by Gasteiger charge is -2.28. The van der Waals surface area contributed by atoms with Crippen LogP contribution in [-0.4, -0.2) is 42.0 Å². The Morgan fingerprint density at radius 2 is 2.00 bits per heavy atom. The molecule has 6 nitrogen and oxygen atoms in total. The first-order chi connectivity index (χ1) is 8.83. The summed E-state index contributed by atoms with van der Waals surface area (Å²) < 4.78 is 25.7. The van der Waals surface area contributed by atoms with Crippen LogP contribution in [0.5, 0.6) is 0 Å². The van der Waals surface area contributed by atoms with E-state index in [1.165, 1.54) is 25.4 Å². The number of nitrogens with one attached hydrogen (secondary N) is 1. The molecule has 0 amide bonds. The molecule has 7 heteroatoms. The first-order valence-corrected chi connectivity index (χ1v) is 7.65. The maximum atomic E-state index is 12.3. The molecule has 1 aromatic heterocycles. The van der Waals surface area contributed by atoms with E-state index in [0.717, 1.165) is 17.1 Å². The molecular formula is C12H18N2O4S. The van der Waals surface area contributed by atoms with Gasteiger partial charge in [-0.3, -0.25) is 4.79 Å². The Hall–Kier alpha value is -1.18. The Balaban J connectivity index is 2.19. The van der Waals surface area contributed by atoms with Crippen LogP contribution in [0.2, 0.25) is 0 Å². The summed E-state index contributed by atoms with van der Waals surface area (Å²) in [5.74, 6) is 0. The molecular weight excluding hydrogens is 268 g/mol. The van der Waals surface area contributed by atoms with Crippen LogP contribution in [0, 0.1) is 0 Å². The molecule has 106 valence electrons. The zero-order valence-electron chi connectivity index (χ0n) is 10.8. The monoisotopic (exact) mass is 286 g/mol. The molecule has 0 atom stereocenters. The molecule has 0 spiro atoms. The van der Waals surface area contributed by atoms with Crippen molar-refractivity contribution in [1.29, 1.82) is 0 Å². The van der Waals surface area contributed by atoms with Gasteiger partial charge in [0.25, 0.3) is 0 Å². The first-order valence-electron chi connectivity index (χ1n) is 6.21. The summed E-state index contributed by atoms with van der Waals surface area (Å²) in [7, 11) is -2.24. The minimum atomic E-state index is -3.68. The molecule has 1 saturated carbocycles. The molecule has 2 rings (SSSR count). The van der Waals surface area contributed by atoms with Crippen LogP contribution < -0.4 is 5.56 Å². The largest absolute Gasteiger partial charge is 0.389 e. The lowest BCUT2D eigenvalue weighted by Crippen LogP contribution is -2.42. The minimum absolute atomic E-state index is 0.0243. The second kappa shape index (κ2) is 5.07. The maximum absolute atomic E-state index is 12.3. The van der Waals surface area contributed by atoms with E-state index in [1.807, 2.05) is 0 Å². The van der Waals surface area contributed by atoms with E-state index in [-0.39, 0.29) is 17.0 Å². The van der Waals surface area contributed by atoms with E-state index in [9.17, 15) is 18.3 Å². The number of rotatable bonds is 4. The van der Waals surface area contributed by atoms with E-state index >= 15 is 0 Å². The van der Waals surface area contributed by atoms with Gasteiger partial charge >= 0.3 is 0 Å². The van der Waals surface area contributed by atoms with Crippen molar-refractivity contribution in [3.05, 3.63) is 28.7 Å². The first kappa shape index (κ1) is 14.2. The summed E-state index contributed by atoms with van der Waals surface area (Å²) in [5.41, 5.74) is -1.28. The zero-order valence-corrected chi connectivity index (χ0v) is 11.6. The SMILES string of the molecule is CN(CC1(O)CCCC1)S(=O)(=O)c1ccc(=O)[nH]c1. The highest BCUT2D eigenvalue weighted by Crippen LogP contribution is 2.31. The van der Waals surface area contributed by atoms with Gasteiger partial charge in [-0.25, -0.2) is 8.42 Å². The Bertz CT molecular complexity index is 582. The van der Waals surface area contributed by atoms with Gasteiger partial charge in [0.15, 0.2) is 0 Å². The van der Waals surface area contributed by atoms with Gasteiger partial charge in [0.1, 0.15) is 0 Å². The molecule has 0 aliphatic heterocycles. The third kappa shape index (κ3) is 3.05. The Kier molecular flexibility index (Phi) is 3.80. The number of likely N-dealkylation sites (N-methyl/N-ethyl adjacent to an activating group) is 1. The van der Waals surface area contributed by atoms with Crippen LogP contribution in [-0.2, 0) is 10.0 Å². The van der Waals surface area contributed by atoms with E-state index in [1.54, 1.807) is 0 Å². The lowest BCUT2D eigenvalue weighted by molar-refractivity contribution is 0.0333. The van der Waals surface area contributed by atoms with Crippen LogP contribution in [0.15, 0.2) is 28.0 Å². The van der Waals surface area contributed by atoms with Gasteiger partial charge in [0.2, 0.25) is 15.6 Å². The molecule has 1 heterocycles. The van der Waals surface area contributed by atoms with E-state index < -0.39 is 15.6 Å². The lowest BCUT2D eigenvalue weighted by atomic mass is 10.0. The number of hydrogen-bond acceptors (Lipinski definition) is 4. The van der Waals surface area contributed by atoms with Crippen LogP contribution in [0.25, 0.3) is 0 Å². The molecule has 0 aromatic carbocycles. The standard InChI is InChI=1S/C12H18N2O4S/c1-14(9-12(16)6-2-3-7-12)19(17,18)10-4-5-11(15)13-8-10/h4-5,8,16H,2-3,6-7,9H2,1H3,(H,13,15). The van der Waals surface area contributed by atoms with Crippen molar-refractivity contribution in [1.82, 2.24) is 9.29 Å². The zero-order chi connectivity index (χ0) is 14.1. The van der Waals surface area contributed by atoms with E-state index in [2.05, 4.69) is 4.98 Å². The number of aromatic nitrogens is 1. The number of pyridine rings is 1. The fraction of sp³-hybridized carbons (Fsp3) is 0.583. The average Bonchev–Trinajstić information content (AvgIpc) is 2.76. The molecule has 1 fully saturated rings. The predicted octanol–water partition coefficient (Wildman–Crippen LogP) is 0.301. The van der Waals surface area contributed by atoms with Crippen molar-refractivity contribution < 1.29 is 13.5 Å². The van der Waals surface area contributed by atoms with Crippen molar-refractivity contribution in [2.45, 2.75) is 36.2 Å². The number of aromatic amines is 1. The van der Waals surface area contributed by atoms with Crippen molar-refractivity contribution in [3.63, 3.8) is 0 Å². The Labute approximate surface area is 112 Å². The molecule has 0 unspecified atom stereocenters. The summed E-state index contributed by atoms with van der Waals surface area (Å²) in [6, 6.07) is 2.44. The van der Waals surface area contributed by atoms with Gasteiger partial charge < -0.3 is 10.1 Å². The fourth-order valence-electron chi connectivity index (χ4n) is 2.43. The minimum Gasteiger partial charge on any atom is -0.389 e. The highest BCUT2D eigenvalue weighted by atomic mass is 32.2. The number of nitrogens with zero attached hydrogens (tertiary/aromatic N) is 1. The summed E-state index contributed by atoms with van der Waals surface area (Å²) in [6.07, 6.45) is 4.26. The van der Waals surface area contributed by atoms with Crippen molar-refractivity contribution in [2.24, 2.45) is 0 Å². The second-order valence-electron chi connectivity index (χ2n) is 5.08. The summed E-state index contributed by atoms with van der Waals surface area (Å²) in [5, 5.41) is 10.3. The average molecular weight is 286 g/mol. The summed E-state index contributed by atoms with van der Waals surface area (Å²) in [6.45, 7) is 0.0778. The van der Waals surface area contributed by atoms with Gasteiger partial charge in [-0.1, -0.05) is 12.8 Å². The van der Waals surface area contributed by atoms with Crippen molar-refractivity contribution in [3.8, 4) is 0 Å². The van der Waals surface area contributed by atoms with E-state index in [4.69, 9.17) is 0 Å². The summed E-state index contributed by atoms with van der Waals surface area (Å²) >= 11 is 0. The van der Waals surface area contributed by atoms with Gasteiger partial charge in [-0.05, 0) is 18.9 Å². The van der Waals surface area contributed by atoms with Gasteiger partial charge in [0, 0.05) is 25.9 Å². The number of aliphatic hydroxyl groups is 1. The molecule has 0 radical (unpaired) electrons. The number of hydrogen-bond donors (Lipinski definition) is 2. The van der Waals surface area contributed by atoms with E-state index in [0.29, 0.717) is 12.8 Å². The summed E-state index contributed by atoms with van der Waals surface area (Å²) in [4.78, 5) is 13.3. The molecule has 1 aromatic rings. The topological polar surface area (TPSA) is 90.5 Å². The van der Waals surface area contributed by atoms with Crippen LogP contribution in [0.4, 0.5) is 0 Å². The highest BCUT2D eigenvalue weighted by Gasteiger charge is 2.35. The second-order valence-corrected chi connectivity index (χ2v) is 7.13. The molecule has 1 aliphatic rings. The smallest absolute Gasteiger partial charge is 0.247 e.